The molecule has 0 spiro atoms. The third-order valence-corrected chi connectivity index (χ3v) is 5.16. The fourth-order valence-electron chi connectivity index (χ4n) is 2.50. The van der Waals surface area contributed by atoms with Gasteiger partial charge in [0.05, 0.1) is 0 Å². The number of aromatic nitrogens is 1. The number of anilines is 1. The Morgan fingerprint density at radius 2 is 1.96 bits per heavy atom. The van der Waals surface area contributed by atoms with Gasteiger partial charge in [-0.2, -0.15) is 0 Å². The minimum atomic E-state index is -0.291. The second kappa shape index (κ2) is 6.82. The maximum absolute atomic E-state index is 12.3. The van der Waals surface area contributed by atoms with Crippen molar-refractivity contribution in [2.24, 2.45) is 0 Å². The number of nitrogens with one attached hydrogen (secondary N) is 1. The molecule has 4 aromatic rings. The van der Waals surface area contributed by atoms with Crippen LogP contribution in [0.25, 0.3) is 11.0 Å². The van der Waals surface area contributed by atoms with E-state index in [1.54, 1.807) is 12.3 Å². The molecule has 6 heteroatoms. The number of halogens is 1. The van der Waals surface area contributed by atoms with E-state index in [2.05, 4.69) is 38.4 Å². The molecular formula is C19H13BrN2O2S. The molecule has 0 bridgehead atoms. The molecule has 0 saturated carbocycles. The van der Waals surface area contributed by atoms with Crippen LogP contribution in [0.4, 0.5) is 5.13 Å². The first-order chi connectivity index (χ1) is 12.2. The third-order valence-electron chi connectivity index (χ3n) is 3.71. The number of carbonyl (C=O) groups excluding carboxylic acids is 1. The Morgan fingerprint density at radius 1 is 1.16 bits per heavy atom. The molecule has 0 aliphatic heterocycles. The smallest absolute Gasteiger partial charge is 0.293 e. The fraction of sp³-hybridized carbons (Fsp3) is 0.0526. The van der Waals surface area contributed by atoms with E-state index in [0.29, 0.717) is 10.7 Å². The van der Waals surface area contributed by atoms with Crippen LogP contribution >= 0.6 is 27.3 Å². The lowest BCUT2D eigenvalue weighted by Gasteiger charge is -1.99. The monoisotopic (exact) mass is 412 g/mol. The Balaban J connectivity index is 1.46. The second-order valence-electron chi connectivity index (χ2n) is 5.54. The van der Waals surface area contributed by atoms with Gasteiger partial charge in [-0.15, -0.1) is 11.3 Å². The van der Waals surface area contributed by atoms with Crippen molar-refractivity contribution in [3.05, 3.63) is 81.5 Å². The maximum atomic E-state index is 12.3. The fourth-order valence-corrected chi connectivity index (χ4v) is 3.61. The van der Waals surface area contributed by atoms with Gasteiger partial charge in [0.15, 0.2) is 10.9 Å². The van der Waals surface area contributed by atoms with Crippen molar-refractivity contribution in [3.63, 3.8) is 0 Å². The zero-order chi connectivity index (χ0) is 17.2. The number of thiazole rings is 1. The van der Waals surface area contributed by atoms with Crippen LogP contribution in [0.5, 0.6) is 0 Å². The molecule has 2 aromatic heterocycles. The first-order valence-corrected chi connectivity index (χ1v) is 9.27. The molecule has 25 heavy (non-hydrogen) atoms. The van der Waals surface area contributed by atoms with Crippen LogP contribution in [0.3, 0.4) is 0 Å². The van der Waals surface area contributed by atoms with E-state index in [4.69, 9.17) is 4.42 Å². The Hall–Kier alpha value is -2.44. The molecule has 2 aromatic carbocycles. The number of amides is 1. The lowest BCUT2D eigenvalue weighted by Crippen LogP contribution is -2.10. The highest BCUT2D eigenvalue weighted by atomic mass is 79.9. The highest BCUT2D eigenvalue weighted by Crippen LogP contribution is 2.24. The van der Waals surface area contributed by atoms with Crippen molar-refractivity contribution < 1.29 is 9.21 Å². The summed E-state index contributed by atoms with van der Waals surface area (Å²) in [6, 6.07) is 17.4. The summed E-state index contributed by atoms with van der Waals surface area (Å²) in [7, 11) is 0. The zero-order valence-electron chi connectivity index (χ0n) is 13.0. The van der Waals surface area contributed by atoms with Crippen LogP contribution < -0.4 is 5.32 Å². The quantitative estimate of drug-likeness (QED) is 0.481. The molecule has 0 unspecified atom stereocenters. The molecule has 1 amide bonds. The zero-order valence-corrected chi connectivity index (χ0v) is 15.4. The van der Waals surface area contributed by atoms with Gasteiger partial charge in [0.1, 0.15) is 5.58 Å². The molecule has 0 aliphatic carbocycles. The van der Waals surface area contributed by atoms with E-state index < -0.39 is 0 Å². The molecule has 4 rings (SSSR count). The normalized spacial score (nSPS) is 10.9. The average Bonchev–Trinajstić information content (AvgIpc) is 3.23. The van der Waals surface area contributed by atoms with E-state index in [-0.39, 0.29) is 11.7 Å². The molecule has 1 N–H and O–H groups in total. The highest BCUT2D eigenvalue weighted by molar-refractivity contribution is 9.10. The minimum Gasteiger partial charge on any atom is -0.451 e. The molecule has 2 heterocycles. The Kier molecular flexibility index (Phi) is 4.38. The van der Waals surface area contributed by atoms with Gasteiger partial charge in [-0.3, -0.25) is 10.1 Å². The topological polar surface area (TPSA) is 55.1 Å². The summed E-state index contributed by atoms with van der Waals surface area (Å²) in [5, 5.41) is 4.27. The number of para-hydroxylation sites is 1. The molecule has 124 valence electrons. The molecule has 0 radical (unpaired) electrons. The number of benzene rings is 2. The Bertz CT molecular complexity index is 1000. The number of hydrogen-bond donors (Lipinski definition) is 1. The standard InChI is InChI=1S/C19H13BrN2O2S/c20-14-7-5-12(6-8-14)9-15-11-21-19(25-15)22-18(23)17-10-13-3-1-2-4-16(13)24-17/h1-8,10-11H,9H2,(H,21,22,23). The Labute approximate surface area is 156 Å². The first-order valence-electron chi connectivity index (χ1n) is 7.66. The Morgan fingerprint density at radius 3 is 2.76 bits per heavy atom. The van der Waals surface area contributed by atoms with Crippen LogP contribution in [0.1, 0.15) is 21.0 Å². The van der Waals surface area contributed by atoms with Crippen molar-refractivity contribution in [2.45, 2.75) is 6.42 Å². The van der Waals surface area contributed by atoms with Crippen molar-refractivity contribution in [1.29, 1.82) is 0 Å². The molecule has 0 saturated heterocycles. The number of furan rings is 1. The van der Waals surface area contributed by atoms with Crippen LogP contribution in [-0.4, -0.2) is 10.9 Å². The number of fused-ring (bicyclic) bond motifs is 1. The average molecular weight is 413 g/mol. The number of nitrogens with zero attached hydrogens (tertiary/aromatic N) is 1. The van der Waals surface area contributed by atoms with E-state index in [0.717, 1.165) is 21.2 Å². The summed E-state index contributed by atoms with van der Waals surface area (Å²) in [5.74, 6) is -0.00778. The summed E-state index contributed by atoms with van der Waals surface area (Å²) in [6.07, 6.45) is 2.58. The van der Waals surface area contributed by atoms with Gasteiger partial charge < -0.3 is 4.42 Å². The van der Waals surface area contributed by atoms with Crippen molar-refractivity contribution in [1.82, 2.24) is 4.98 Å². The third kappa shape index (κ3) is 3.65. The van der Waals surface area contributed by atoms with E-state index in [9.17, 15) is 4.79 Å². The van der Waals surface area contributed by atoms with Gasteiger partial charge >= 0.3 is 0 Å². The van der Waals surface area contributed by atoms with Gasteiger partial charge in [-0.05, 0) is 29.8 Å². The largest absolute Gasteiger partial charge is 0.451 e. The van der Waals surface area contributed by atoms with E-state index in [1.165, 1.54) is 16.9 Å². The summed E-state index contributed by atoms with van der Waals surface area (Å²) >= 11 is 4.90. The number of rotatable bonds is 4. The van der Waals surface area contributed by atoms with Gasteiger partial charge in [-0.25, -0.2) is 4.98 Å². The lowest BCUT2D eigenvalue weighted by molar-refractivity contribution is 0.0998. The number of hydrogen-bond acceptors (Lipinski definition) is 4. The maximum Gasteiger partial charge on any atom is 0.293 e. The predicted octanol–water partition coefficient (Wildman–Crippen LogP) is 5.49. The van der Waals surface area contributed by atoms with Crippen molar-refractivity contribution in [2.75, 3.05) is 5.32 Å². The van der Waals surface area contributed by atoms with E-state index >= 15 is 0 Å². The van der Waals surface area contributed by atoms with Crippen LogP contribution in [0.15, 0.2) is 69.7 Å². The first kappa shape index (κ1) is 16.1. The second-order valence-corrected chi connectivity index (χ2v) is 7.57. The minimum absolute atomic E-state index is 0.283. The van der Waals surface area contributed by atoms with Gasteiger partial charge in [0.25, 0.3) is 5.91 Å². The molecular weight excluding hydrogens is 400 g/mol. The lowest BCUT2D eigenvalue weighted by atomic mass is 10.1. The van der Waals surface area contributed by atoms with Crippen LogP contribution in [0, 0.1) is 0 Å². The van der Waals surface area contributed by atoms with Crippen molar-refractivity contribution >= 4 is 49.3 Å². The van der Waals surface area contributed by atoms with Gasteiger partial charge in [-0.1, -0.05) is 46.3 Å². The van der Waals surface area contributed by atoms with Gasteiger partial charge in [0.2, 0.25) is 0 Å². The van der Waals surface area contributed by atoms with Crippen molar-refractivity contribution in [3.8, 4) is 0 Å². The summed E-state index contributed by atoms with van der Waals surface area (Å²) in [6.45, 7) is 0. The number of carbonyl (C=O) groups is 1. The SMILES string of the molecule is O=C(Nc1ncc(Cc2ccc(Br)cc2)s1)c1cc2ccccc2o1. The van der Waals surface area contributed by atoms with Crippen LogP contribution in [0.2, 0.25) is 0 Å². The molecule has 0 atom stereocenters. The molecule has 4 nitrogen and oxygen atoms in total. The highest BCUT2D eigenvalue weighted by Gasteiger charge is 2.14. The molecule has 0 fully saturated rings. The summed E-state index contributed by atoms with van der Waals surface area (Å²) in [5.41, 5.74) is 1.89. The van der Waals surface area contributed by atoms with Crippen LogP contribution in [-0.2, 0) is 6.42 Å². The molecule has 0 aliphatic rings. The van der Waals surface area contributed by atoms with Gasteiger partial charge in [0, 0.05) is 27.4 Å². The van der Waals surface area contributed by atoms with E-state index in [1.807, 2.05) is 36.4 Å². The summed E-state index contributed by atoms with van der Waals surface area (Å²) < 4.78 is 6.63. The predicted molar refractivity (Wildman–Crippen MR) is 103 cm³/mol. The summed E-state index contributed by atoms with van der Waals surface area (Å²) in [4.78, 5) is 17.7.